The molecule has 3 heterocycles. The number of fused-ring (bicyclic) bond motifs is 1. The molecular weight excluding hydrogens is 322 g/mol. The maximum atomic E-state index is 12.5. The van der Waals surface area contributed by atoms with Crippen LogP contribution in [0.25, 0.3) is 0 Å². The summed E-state index contributed by atoms with van der Waals surface area (Å²) in [5.74, 6) is 0.321. The summed E-state index contributed by atoms with van der Waals surface area (Å²) >= 11 is 1.44. The van der Waals surface area contributed by atoms with E-state index in [0.29, 0.717) is 24.7 Å². The van der Waals surface area contributed by atoms with E-state index in [1.54, 1.807) is 10.9 Å². The first-order valence-electron chi connectivity index (χ1n) is 8.25. The summed E-state index contributed by atoms with van der Waals surface area (Å²) in [6.45, 7) is 4.13. The molecule has 1 aromatic heterocycles. The van der Waals surface area contributed by atoms with E-state index in [1.807, 2.05) is 11.0 Å². The van der Waals surface area contributed by atoms with Gasteiger partial charge in [0.15, 0.2) is 0 Å². The number of aliphatic hydroxyl groups excluding tert-OH is 1. The molecule has 0 unspecified atom stereocenters. The predicted octanol–water partition coefficient (Wildman–Crippen LogP) is 1.71. The van der Waals surface area contributed by atoms with E-state index < -0.39 is 0 Å². The summed E-state index contributed by atoms with van der Waals surface area (Å²) in [6, 6.07) is 10.4. The average molecular weight is 343 g/mol. The number of thiazole rings is 1. The number of nitrogens with zero attached hydrogens (tertiary/aromatic N) is 3. The van der Waals surface area contributed by atoms with E-state index in [4.69, 9.17) is 0 Å². The van der Waals surface area contributed by atoms with Crippen molar-refractivity contribution >= 4 is 17.2 Å². The number of benzene rings is 1. The standard InChI is InChI=1S/C18H21N3O2S/c22-12-18-10-20(6-14-4-2-1-3-5-14)7-15(18)8-21(11-18)17(23)16-9-24-13-19-16/h1-5,9,13,15,22H,6-8,10-12H2/t15-,18+/m1/s1. The number of carbonyl (C=O) groups excluding carboxylic acids is 1. The van der Waals surface area contributed by atoms with Crippen LogP contribution in [0.5, 0.6) is 0 Å². The lowest BCUT2D eigenvalue weighted by Gasteiger charge is -2.27. The van der Waals surface area contributed by atoms with E-state index >= 15 is 0 Å². The SMILES string of the molecule is O=C(c1cscn1)N1C[C@H]2CN(Cc3ccccc3)C[C@@]2(CO)C1. The number of aromatic nitrogens is 1. The molecule has 1 amide bonds. The third-order valence-electron chi connectivity index (χ3n) is 5.33. The summed E-state index contributed by atoms with van der Waals surface area (Å²) in [5.41, 5.74) is 3.31. The van der Waals surface area contributed by atoms with Crippen molar-refractivity contribution in [2.75, 3.05) is 32.8 Å². The fourth-order valence-electron chi connectivity index (χ4n) is 4.11. The average Bonchev–Trinajstić information content (AvgIpc) is 3.29. The lowest BCUT2D eigenvalue weighted by atomic mass is 9.82. The molecule has 0 bridgehead atoms. The van der Waals surface area contributed by atoms with Crippen molar-refractivity contribution in [3.63, 3.8) is 0 Å². The monoisotopic (exact) mass is 343 g/mol. The Morgan fingerprint density at radius 3 is 2.79 bits per heavy atom. The van der Waals surface area contributed by atoms with Crippen LogP contribution in [0.3, 0.4) is 0 Å². The second kappa shape index (κ2) is 6.27. The minimum absolute atomic E-state index is 0.00640. The van der Waals surface area contributed by atoms with Gasteiger partial charge in [-0.05, 0) is 11.5 Å². The Morgan fingerprint density at radius 1 is 1.29 bits per heavy atom. The number of aliphatic hydroxyl groups is 1. The van der Waals surface area contributed by atoms with Gasteiger partial charge in [0, 0.05) is 43.5 Å². The second-order valence-corrected chi connectivity index (χ2v) is 7.65. The van der Waals surface area contributed by atoms with Gasteiger partial charge < -0.3 is 10.0 Å². The lowest BCUT2D eigenvalue weighted by molar-refractivity contribution is 0.0714. The van der Waals surface area contributed by atoms with Crippen LogP contribution >= 0.6 is 11.3 Å². The number of carbonyl (C=O) groups is 1. The van der Waals surface area contributed by atoms with E-state index in [-0.39, 0.29) is 17.9 Å². The summed E-state index contributed by atoms with van der Waals surface area (Å²) in [7, 11) is 0. The molecule has 0 spiro atoms. The molecule has 2 aliphatic rings. The van der Waals surface area contributed by atoms with Crippen LogP contribution in [0.2, 0.25) is 0 Å². The zero-order valence-electron chi connectivity index (χ0n) is 13.5. The van der Waals surface area contributed by atoms with Gasteiger partial charge in [0.05, 0.1) is 12.1 Å². The van der Waals surface area contributed by atoms with Gasteiger partial charge in [-0.1, -0.05) is 30.3 Å². The molecule has 2 aromatic rings. The van der Waals surface area contributed by atoms with Crippen LogP contribution in [-0.2, 0) is 6.54 Å². The molecule has 2 saturated heterocycles. The number of rotatable bonds is 4. The normalized spacial score (nSPS) is 26.7. The Balaban J connectivity index is 1.45. The van der Waals surface area contributed by atoms with Crippen molar-refractivity contribution in [2.45, 2.75) is 6.54 Å². The van der Waals surface area contributed by atoms with E-state index in [0.717, 1.165) is 19.6 Å². The highest BCUT2D eigenvalue weighted by Gasteiger charge is 2.53. The summed E-state index contributed by atoms with van der Waals surface area (Å²) in [6.07, 6.45) is 0. The first-order chi connectivity index (χ1) is 11.7. The van der Waals surface area contributed by atoms with Crippen LogP contribution in [-0.4, -0.2) is 58.6 Å². The second-order valence-electron chi connectivity index (χ2n) is 6.93. The van der Waals surface area contributed by atoms with Crippen LogP contribution in [0.15, 0.2) is 41.2 Å². The van der Waals surface area contributed by atoms with Gasteiger partial charge in [-0.15, -0.1) is 11.3 Å². The van der Waals surface area contributed by atoms with Crippen molar-refractivity contribution in [1.29, 1.82) is 0 Å². The minimum Gasteiger partial charge on any atom is -0.396 e. The fraction of sp³-hybridized carbons (Fsp3) is 0.444. The topological polar surface area (TPSA) is 56.7 Å². The van der Waals surface area contributed by atoms with Crippen LogP contribution in [0, 0.1) is 11.3 Å². The number of likely N-dealkylation sites (tertiary alicyclic amines) is 2. The molecule has 126 valence electrons. The summed E-state index contributed by atoms with van der Waals surface area (Å²) < 4.78 is 0. The number of amides is 1. The van der Waals surface area contributed by atoms with Gasteiger partial charge in [-0.2, -0.15) is 0 Å². The molecule has 2 atom stereocenters. The quantitative estimate of drug-likeness (QED) is 0.918. The molecule has 6 heteroatoms. The lowest BCUT2D eigenvalue weighted by Crippen LogP contribution is -2.38. The predicted molar refractivity (Wildman–Crippen MR) is 92.7 cm³/mol. The van der Waals surface area contributed by atoms with Gasteiger partial charge in [-0.25, -0.2) is 4.98 Å². The van der Waals surface area contributed by atoms with E-state index in [1.165, 1.54) is 16.9 Å². The minimum atomic E-state index is -0.194. The summed E-state index contributed by atoms with van der Waals surface area (Å²) in [4.78, 5) is 20.9. The third kappa shape index (κ3) is 2.75. The van der Waals surface area contributed by atoms with Gasteiger partial charge >= 0.3 is 0 Å². The molecule has 1 N–H and O–H groups in total. The van der Waals surface area contributed by atoms with E-state index in [9.17, 15) is 9.90 Å². The number of hydrogen-bond donors (Lipinski definition) is 1. The third-order valence-corrected chi connectivity index (χ3v) is 5.92. The zero-order valence-corrected chi connectivity index (χ0v) is 14.3. The molecule has 0 saturated carbocycles. The largest absolute Gasteiger partial charge is 0.396 e. The smallest absolute Gasteiger partial charge is 0.273 e. The first-order valence-corrected chi connectivity index (χ1v) is 9.19. The Hall–Kier alpha value is -1.76. The van der Waals surface area contributed by atoms with Crippen LogP contribution in [0.4, 0.5) is 0 Å². The highest BCUT2D eigenvalue weighted by Crippen LogP contribution is 2.43. The Morgan fingerprint density at radius 2 is 2.12 bits per heavy atom. The molecule has 24 heavy (non-hydrogen) atoms. The van der Waals surface area contributed by atoms with Crippen molar-refractivity contribution < 1.29 is 9.90 Å². The molecule has 5 nitrogen and oxygen atoms in total. The summed E-state index contributed by atoms with van der Waals surface area (Å²) in [5, 5.41) is 11.9. The zero-order chi connectivity index (χ0) is 16.6. The van der Waals surface area contributed by atoms with Gasteiger partial charge in [0.25, 0.3) is 5.91 Å². The molecule has 2 fully saturated rings. The van der Waals surface area contributed by atoms with Crippen molar-refractivity contribution in [3.05, 3.63) is 52.5 Å². The number of hydrogen-bond acceptors (Lipinski definition) is 5. The molecule has 2 aliphatic heterocycles. The molecule has 0 aliphatic carbocycles. The van der Waals surface area contributed by atoms with Crippen LogP contribution < -0.4 is 0 Å². The van der Waals surface area contributed by atoms with E-state index in [2.05, 4.69) is 34.1 Å². The molecule has 4 rings (SSSR count). The Kier molecular flexibility index (Phi) is 4.12. The van der Waals surface area contributed by atoms with Crippen molar-refractivity contribution in [3.8, 4) is 0 Å². The Bertz CT molecular complexity index is 706. The molecule has 1 aromatic carbocycles. The maximum Gasteiger partial charge on any atom is 0.273 e. The van der Waals surface area contributed by atoms with Gasteiger partial charge in [0.2, 0.25) is 0 Å². The fourth-order valence-corrected chi connectivity index (χ4v) is 4.64. The van der Waals surface area contributed by atoms with Crippen molar-refractivity contribution in [1.82, 2.24) is 14.8 Å². The molecular formula is C18H21N3O2S. The maximum absolute atomic E-state index is 12.5. The highest BCUT2D eigenvalue weighted by atomic mass is 32.1. The van der Waals surface area contributed by atoms with Gasteiger partial charge in [0.1, 0.15) is 5.69 Å². The highest BCUT2D eigenvalue weighted by molar-refractivity contribution is 7.07. The van der Waals surface area contributed by atoms with Gasteiger partial charge in [-0.3, -0.25) is 9.69 Å². The first kappa shape index (κ1) is 15.7. The molecule has 0 radical (unpaired) electrons. The van der Waals surface area contributed by atoms with Crippen molar-refractivity contribution in [2.24, 2.45) is 11.3 Å². The van der Waals surface area contributed by atoms with Crippen LogP contribution in [0.1, 0.15) is 16.1 Å². The Labute approximate surface area is 145 Å².